The average Bonchev–Trinajstić information content (AvgIpc) is 3.11. The molecule has 4 rings (SSSR count). The van der Waals surface area contributed by atoms with Crippen LogP contribution in [0.4, 0.5) is 4.79 Å². The Kier molecular flexibility index (Phi) is 6.40. The van der Waals surface area contributed by atoms with E-state index in [1.165, 1.54) is 0 Å². The third kappa shape index (κ3) is 4.91. The number of benzene rings is 3. The molecule has 3 aromatic carbocycles. The van der Waals surface area contributed by atoms with Crippen LogP contribution in [0.1, 0.15) is 35.4 Å². The lowest BCUT2D eigenvalue weighted by Gasteiger charge is -2.20. The summed E-state index contributed by atoms with van der Waals surface area (Å²) in [6, 6.07) is 22.5. The van der Waals surface area contributed by atoms with Crippen LogP contribution in [0.2, 0.25) is 0 Å². The van der Waals surface area contributed by atoms with E-state index in [4.69, 9.17) is 9.84 Å². The van der Waals surface area contributed by atoms with Crippen LogP contribution in [0.5, 0.6) is 5.75 Å². The second-order valence-electron chi connectivity index (χ2n) is 7.97. The number of phenols is 1. The molecule has 0 spiro atoms. The molecule has 164 valence electrons. The predicted octanol–water partition coefficient (Wildman–Crippen LogP) is 4.71. The van der Waals surface area contributed by atoms with Gasteiger partial charge in [-0.25, -0.2) is 4.79 Å². The van der Waals surface area contributed by atoms with Crippen LogP contribution in [-0.4, -0.2) is 34.9 Å². The van der Waals surface area contributed by atoms with Gasteiger partial charge in [-0.1, -0.05) is 60.7 Å². The van der Waals surface area contributed by atoms with Crippen LogP contribution in [0, 0.1) is 0 Å². The smallest absolute Gasteiger partial charge is 0.407 e. The number of phenolic OH excluding ortho intramolecular Hbond substituents is 1. The van der Waals surface area contributed by atoms with Crippen LogP contribution in [0.3, 0.4) is 0 Å². The van der Waals surface area contributed by atoms with Crippen molar-refractivity contribution < 1.29 is 24.5 Å². The van der Waals surface area contributed by atoms with E-state index >= 15 is 0 Å². The van der Waals surface area contributed by atoms with E-state index in [0.29, 0.717) is 6.42 Å². The fourth-order valence-electron chi connectivity index (χ4n) is 4.25. The molecule has 3 N–H and O–H groups in total. The van der Waals surface area contributed by atoms with Crippen LogP contribution in [0.25, 0.3) is 11.1 Å². The van der Waals surface area contributed by atoms with Crippen LogP contribution < -0.4 is 5.32 Å². The highest BCUT2D eigenvalue weighted by molar-refractivity contribution is 5.79. The monoisotopic (exact) mass is 431 g/mol. The molecule has 32 heavy (non-hydrogen) atoms. The Hall–Kier alpha value is -3.80. The van der Waals surface area contributed by atoms with Gasteiger partial charge in [-0.05, 0) is 52.8 Å². The summed E-state index contributed by atoms with van der Waals surface area (Å²) in [4.78, 5) is 23.6. The van der Waals surface area contributed by atoms with Crippen LogP contribution in [0.15, 0.2) is 72.8 Å². The molecule has 0 saturated heterocycles. The maximum Gasteiger partial charge on any atom is 0.407 e. The largest absolute Gasteiger partial charge is 0.508 e. The fraction of sp³-hybridized carbons (Fsp3) is 0.231. The zero-order valence-electron chi connectivity index (χ0n) is 17.5. The number of carbonyl (C=O) groups excluding carboxylic acids is 1. The summed E-state index contributed by atoms with van der Waals surface area (Å²) >= 11 is 0. The molecule has 1 atom stereocenters. The van der Waals surface area contributed by atoms with Gasteiger partial charge in [0.25, 0.3) is 0 Å². The second kappa shape index (κ2) is 9.56. The lowest BCUT2D eigenvalue weighted by Crippen LogP contribution is -2.37. The molecule has 1 aliphatic rings. The number of nitrogens with one attached hydrogen (secondary N) is 1. The highest BCUT2D eigenvalue weighted by Gasteiger charge is 2.29. The number of aromatic hydroxyl groups is 1. The molecular formula is C26H25NO5. The SMILES string of the molecule is O=C(O)CC[C@H](Cc1ccc(O)cc1)NC(=O)OCC1c2ccccc2-c2ccccc21. The minimum atomic E-state index is -0.921. The zero-order valence-corrected chi connectivity index (χ0v) is 17.5. The Morgan fingerprint density at radius 3 is 2.09 bits per heavy atom. The minimum Gasteiger partial charge on any atom is -0.508 e. The Labute approximate surface area is 186 Å². The summed E-state index contributed by atoms with van der Waals surface area (Å²) in [6.07, 6.45) is 0.0888. The normalized spacial score (nSPS) is 13.1. The van der Waals surface area contributed by atoms with Crippen molar-refractivity contribution in [3.8, 4) is 16.9 Å². The third-order valence-electron chi connectivity index (χ3n) is 5.79. The highest BCUT2D eigenvalue weighted by Crippen LogP contribution is 2.44. The van der Waals surface area contributed by atoms with Gasteiger partial charge in [0.15, 0.2) is 0 Å². The number of hydrogen-bond donors (Lipinski definition) is 3. The summed E-state index contributed by atoms with van der Waals surface area (Å²) in [5, 5.41) is 21.3. The first-order chi connectivity index (χ1) is 15.5. The standard InChI is InChI=1S/C26H25NO5/c28-19-12-9-17(10-13-19)15-18(11-14-25(29)30)27-26(31)32-16-24-22-7-3-1-5-20(22)21-6-2-4-8-23(21)24/h1-10,12-13,18,24,28H,11,14-16H2,(H,27,31)(H,29,30)/t18-/m1/s1. The number of aliphatic carboxylic acids is 1. The Balaban J connectivity index is 1.42. The van der Waals surface area contributed by atoms with Gasteiger partial charge in [0.2, 0.25) is 0 Å². The van der Waals surface area contributed by atoms with E-state index in [2.05, 4.69) is 29.6 Å². The van der Waals surface area contributed by atoms with Crippen molar-refractivity contribution >= 4 is 12.1 Å². The summed E-state index contributed by atoms with van der Waals surface area (Å²) in [5.74, 6) is -0.807. The van der Waals surface area contributed by atoms with E-state index in [1.807, 2.05) is 24.3 Å². The average molecular weight is 431 g/mol. The van der Waals surface area contributed by atoms with Gasteiger partial charge in [-0.15, -0.1) is 0 Å². The molecule has 6 heteroatoms. The van der Waals surface area contributed by atoms with E-state index in [0.717, 1.165) is 27.8 Å². The molecule has 0 saturated carbocycles. The van der Waals surface area contributed by atoms with Gasteiger partial charge in [0.1, 0.15) is 12.4 Å². The molecule has 0 fully saturated rings. The molecule has 0 aromatic heterocycles. The molecule has 0 radical (unpaired) electrons. The molecule has 3 aromatic rings. The third-order valence-corrected chi connectivity index (χ3v) is 5.79. The van der Waals surface area contributed by atoms with E-state index in [9.17, 15) is 14.7 Å². The first-order valence-electron chi connectivity index (χ1n) is 10.6. The molecule has 0 heterocycles. The summed E-state index contributed by atoms with van der Waals surface area (Å²) in [5.41, 5.74) is 5.46. The number of ether oxygens (including phenoxy) is 1. The number of alkyl carbamates (subject to hydrolysis) is 1. The van der Waals surface area contributed by atoms with Crippen LogP contribution >= 0.6 is 0 Å². The molecule has 6 nitrogen and oxygen atoms in total. The zero-order chi connectivity index (χ0) is 22.5. The fourth-order valence-corrected chi connectivity index (χ4v) is 4.25. The van der Waals surface area contributed by atoms with Crippen molar-refractivity contribution in [3.05, 3.63) is 89.5 Å². The minimum absolute atomic E-state index is 0.0391. The number of fused-ring (bicyclic) bond motifs is 3. The summed E-state index contributed by atoms with van der Waals surface area (Å²) < 4.78 is 5.60. The topological polar surface area (TPSA) is 95.9 Å². The van der Waals surface area contributed by atoms with E-state index in [-0.39, 0.29) is 31.1 Å². The summed E-state index contributed by atoms with van der Waals surface area (Å²) in [7, 11) is 0. The maximum atomic E-state index is 12.6. The number of amides is 1. The Morgan fingerprint density at radius 1 is 0.906 bits per heavy atom. The Bertz CT molecular complexity index is 1060. The van der Waals surface area contributed by atoms with Crippen molar-refractivity contribution in [1.82, 2.24) is 5.32 Å². The predicted molar refractivity (Wildman–Crippen MR) is 121 cm³/mol. The van der Waals surface area contributed by atoms with Crippen molar-refractivity contribution in [3.63, 3.8) is 0 Å². The number of carboxylic acid groups (broad SMARTS) is 1. The molecule has 1 amide bonds. The lowest BCUT2D eigenvalue weighted by molar-refractivity contribution is -0.137. The van der Waals surface area contributed by atoms with Gasteiger partial charge in [0, 0.05) is 18.4 Å². The van der Waals surface area contributed by atoms with Crippen molar-refractivity contribution in [1.29, 1.82) is 0 Å². The van der Waals surface area contributed by atoms with E-state index in [1.54, 1.807) is 24.3 Å². The summed E-state index contributed by atoms with van der Waals surface area (Å²) in [6.45, 7) is 0.199. The van der Waals surface area contributed by atoms with E-state index < -0.39 is 18.1 Å². The first-order valence-corrected chi connectivity index (χ1v) is 10.6. The van der Waals surface area contributed by atoms with Crippen LogP contribution in [-0.2, 0) is 16.0 Å². The maximum absolute atomic E-state index is 12.6. The van der Waals surface area contributed by atoms with Gasteiger partial charge in [0.05, 0.1) is 0 Å². The lowest BCUT2D eigenvalue weighted by atomic mass is 9.98. The molecular weight excluding hydrogens is 406 g/mol. The molecule has 0 unspecified atom stereocenters. The highest BCUT2D eigenvalue weighted by atomic mass is 16.5. The second-order valence-corrected chi connectivity index (χ2v) is 7.97. The van der Waals surface area contributed by atoms with Gasteiger partial charge in [-0.3, -0.25) is 4.79 Å². The number of rotatable bonds is 8. The Morgan fingerprint density at radius 2 is 1.50 bits per heavy atom. The van der Waals surface area contributed by atoms with Crippen molar-refractivity contribution in [2.24, 2.45) is 0 Å². The first kappa shape index (κ1) is 21.4. The quantitative estimate of drug-likeness (QED) is 0.480. The number of hydrogen-bond acceptors (Lipinski definition) is 4. The van der Waals surface area contributed by atoms with Crippen molar-refractivity contribution in [2.75, 3.05) is 6.61 Å². The number of carbonyl (C=O) groups is 2. The number of carboxylic acids is 1. The van der Waals surface area contributed by atoms with Gasteiger partial charge in [-0.2, -0.15) is 0 Å². The molecule has 0 aliphatic heterocycles. The molecule has 0 bridgehead atoms. The molecule has 1 aliphatic carbocycles. The van der Waals surface area contributed by atoms with Gasteiger partial charge < -0.3 is 20.3 Å². The van der Waals surface area contributed by atoms with Gasteiger partial charge >= 0.3 is 12.1 Å². The van der Waals surface area contributed by atoms with Crippen molar-refractivity contribution in [2.45, 2.75) is 31.2 Å².